The summed E-state index contributed by atoms with van der Waals surface area (Å²) < 4.78 is 0. The van der Waals surface area contributed by atoms with Gasteiger partial charge in [0.1, 0.15) is 0 Å². The van der Waals surface area contributed by atoms with Crippen LogP contribution in [0.3, 0.4) is 0 Å². The van der Waals surface area contributed by atoms with E-state index < -0.39 is 6.04 Å². The Kier molecular flexibility index (Phi) is 3.81. The van der Waals surface area contributed by atoms with Crippen LogP contribution in [-0.4, -0.2) is 11.0 Å². The maximum absolute atomic E-state index is 10.4. The van der Waals surface area contributed by atoms with Crippen LogP contribution in [0.15, 0.2) is 24.3 Å². The lowest BCUT2D eigenvalue weighted by molar-refractivity contribution is -0.517. The van der Waals surface area contributed by atoms with Crippen LogP contribution < -0.4 is 0 Å². The number of hydrogen-bond donors (Lipinski definition) is 0. The van der Waals surface area contributed by atoms with Crippen molar-refractivity contribution in [3.8, 4) is 6.07 Å². The molecule has 0 heterocycles. The largest absolute Gasteiger partial charge is 0.264 e. The molecule has 0 saturated heterocycles. The molecule has 1 rings (SSSR count). The smallest absolute Gasteiger partial charge is 0.214 e. The third-order valence-corrected chi connectivity index (χ3v) is 2.20. The van der Waals surface area contributed by atoms with Crippen molar-refractivity contribution >= 4 is 0 Å². The van der Waals surface area contributed by atoms with E-state index in [2.05, 4.69) is 6.07 Å². The zero-order valence-corrected chi connectivity index (χ0v) is 8.51. The van der Waals surface area contributed by atoms with Gasteiger partial charge in [-0.1, -0.05) is 24.3 Å². The van der Waals surface area contributed by atoms with E-state index in [1.807, 2.05) is 24.3 Å². The van der Waals surface area contributed by atoms with Crippen molar-refractivity contribution in [1.29, 1.82) is 5.26 Å². The molecule has 15 heavy (non-hydrogen) atoms. The summed E-state index contributed by atoms with van der Waals surface area (Å²) >= 11 is 0. The molecular weight excluding hydrogens is 192 g/mol. The van der Waals surface area contributed by atoms with Crippen LogP contribution in [0.5, 0.6) is 0 Å². The van der Waals surface area contributed by atoms with Gasteiger partial charge in [-0.2, -0.15) is 5.26 Å². The maximum atomic E-state index is 10.4. The number of hydrogen-bond acceptors (Lipinski definition) is 3. The average Bonchev–Trinajstić information content (AvgIpc) is 2.21. The van der Waals surface area contributed by atoms with E-state index in [0.717, 1.165) is 11.1 Å². The summed E-state index contributed by atoms with van der Waals surface area (Å²) in [6.45, 7) is 1.59. The molecule has 4 heteroatoms. The Hall–Kier alpha value is -1.89. The second-order valence-corrected chi connectivity index (χ2v) is 3.49. The van der Waals surface area contributed by atoms with Crippen LogP contribution in [0.2, 0.25) is 0 Å². The molecule has 0 radical (unpaired) electrons. The van der Waals surface area contributed by atoms with Crippen LogP contribution in [0.1, 0.15) is 18.1 Å². The molecule has 0 fully saturated rings. The molecule has 0 aliphatic heterocycles. The fourth-order valence-electron chi connectivity index (χ4n) is 1.30. The topological polar surface area (TPSA) is 66.9 Å². The SMILES string of the molecule is CC(Cc1ccc(CC#N)cc1)[N+](=O)[O-]. The lowest BCUT2D eigenvalue weighted by atomic mass is 10.0. The fourth-order valence-corrected chi connectivity index (χ4v) is 1.30. The third kappa shape index (κ3) is 3.39. The highest BCUT2D eigenvalue weighted by Gasteiger charge is 2.12. The van der Waals surface area contributed by atoms with E-state index in [-0.39, 0.29) is 4.92 Å². The van der Waals surface area contributed by atoms with E-state index in [0.29, 0.717) is 12.8 Å². The number of nitrogens with zero attached hydrogens (tertiary/aromatic N) is 2. The van der Waals surface area contributed by atoms with Gasteiger partial charge in [-0.05, 0) is 11.1 Å². The second-order valence-electron chi connectivity index (χ2n) is 3.49. The van der Waals surface area contributed by atoms with E-state index in [1.54, 1.807) is 6.92 Å². The fraction of sp³-hybridized carbons (Fsp3) is 0.364. The van der Waals surface area contributed by atoms with Gasteiger partial charge in [-0.15, -0.1) is 0 Å². The summed E-state index contributed by atoms with van der Waals surface area (Å²) in [5.41, 5.74) is 1.87. The Bertz CT molecular complexity index is 379. The van der Waals surface area contributed by atoms with Crippen LogP contribution in [0.4, 0.5) is 0 Å². The van der Waals surface area contributed by atoms with E-state index in [4.69, 9.17) is 5.26 Å². The maximum Gasteiger partial charge on any atom is 0.214 e. The van der Waals surface area contributed by atoms with E-state index >= 15 is 0 Å². The number of rotatable bonds is 4. The predicted molar refractivity (Wildman–Crippen MR) is 55.9 cm³/mol. The van der Waals surface area contributed by atoms with Gasteiger partial charge in [0.15, 0.2) is 0 Å². The van der Waals surface area contributed by atoms with Gasteiger partial charge in [0.05, 0.1) is 12.5 Å². The highest BCUT2D eigenvalue weighted by atomic mass is 16.6. The second kappa shape index (κ2) is 5.11. The van der Waals surface area contributed by atoms with Crippen LogP contribution in [-0.2, 0) is 12.8 Å². The molecule has 0 N–H and O–H groups in total. The molecule has 1 aromatic rings. The quantitative estimate of drug-likeness (QED) is 0.556. The van der Waals surface area contributed by atoms with Gasteiger partial charge in [0.25, 0.3) is 0 Å². The van der Waals surface area contributed by atoms with Gasteiger partial charge >= 0.3 is 0 Å². The molecule has 4 nitrogen and oxygen atoms in total. The Morgan fingerprint density at radius 3 is 2.40 bits per heavy atom. The van der Waals surface area contributed by atoms with E-state index in [1.165, 1.54) is 0 Å². The van der Waals surface area contributed by atoms with Crippen LogP contribution >= 0.6 is 0 Å². The number of nitro groups is 1. The van der Waals surface area contributed by atoms with Gasteiger partial charge in [-0.3, -0.25) is 10.1 Å². The summed E-state index contributed by atoms with van der Waals surface area (Å²) in [7, 11) is 0. The molecular formula is C11H12N2O2. The summed E-state index contributed by atoms with van der Waals surface area (Å²) in [5.74, 6) is 0. The van der Waals surface area contributed by atoms with Crippen molar-refractivity contribution in [3.63, 3.8) is 0 Å². The Balaban J connectivity index is 2.65. The minimum absolute atomic E-state index is 0.289. The zero-order valence-electron chi connectivity index (χ0n) is 8.51. The van der Waals surface area contributed by atoms with Gasteiger partial charge in [0.2, 0.25) is 6.04 Å². The van der Waals surface area contributed by atoms with Crippen molar-refractivity contribution < 1.29 is 4.92 Å². The molecule has 0 aromatic heterocycles. The first kappa shape index (κ1) is 11.2. The predicted octanol–water partition coefficient (Wildman–Crippen LogP) is 1.96. The van der Waals surface area contributed by atoms with Gasteiger partial charge < -0.3 is 0 Å². The van der Waals surface area contributed by atoms with Gasteiger partial charge in [-0.25, -0.2) is 0 Å². The van der Waals surface area contributed by atoms with E-state index in [9.17, 15) is 10.1 Å². The first-order chi connectivity index (χ1) is 7.13. The third-order valence-electron chi connectivity index (χ3n) is 2.20. The monoisotopic (exact) mass is 204 g/mol. The summed E-state index contributed by atoms with van der Waals surface area (Å²) in [5, 5.41) is 18.9. The lowest BCUT2D eigenvalue weighted by Gasteiger charge is -2.04. The zero-order chi connectivity index (χ0) is 11.3. The molecule has 0 spiro atoms. The number of nitriles is 1. The Labute approximate surface area is 88.3 Å². The highest BCUT2D eigenvalue weighted by Crippen LogP contribution is 2.08. The molecule has 1 atom stereocenters. The minimum atomic E-state index is -0.563. The molecule has 1 unspecified atom stereocenters. The lowest BCUT2D eigenvalue weighted by Crippen LogP contribution is -2.17. The van der Waals surface area contributed by atoms with Crippen LogP contribution in [0.25, 0.3) is 0 Å². The summed E-state index contributed by atoms with van der Waals surface area (Å²) in [6.07, 6.45) is 0.810. The number of benzene rings is 1. The standard InChI is InChI=1S/C11H12N2O2/c1-9(13(14)15)8-11-4-2-10(3-5-11)6-7-12/h2-5,9H,6,8H2,1H3. The van der Waals surface area contributed by atoms with Crippen molar-refractivity contribution in [2.75, 3.05) is 0 Å². The van der Waals surface area contributed by atoms with Crippen molar-refractivity contribution in [3.05, 3.63) is 45.5 Å². The first-order valence-corrected chi connectivity index (χ1v) is 4.71. The van der Waals surface area contributed by atoms with Crippen molar-refractivity contribution in [1.82, 2.24) is 0 Å². The average molecular weight is 204 g/mol. The molecule has 0 aliphatic rings. The van der Waals surface area contributed by atoms with Gasteiger partial charge in [0, 0.05) is 18.3 Å². The van der Waals surface area contributed by atoms with Crippen molar-refractivity contribution in [2.24, 2.45) is 0 Å². The first-order valence-electron chi connectivity index (χ1n) is 4.71. The molecule has 0 aliphatic carbocycles. The highest BCUT2D eigenvalue weighted by molar-refractivity contribution is 5.24. The van der Waals surface area contributed by atoms with Crippen LogP contribution in [0, 0.1) is 21.4 Å². The molecule has 78 valence electrons. The summed E-state index contributed by atoms with van der Waals surface area (Å²) in [4.78, 5) is 10.1. The molecule has 0 amide bonds. The Morgan fingerprint density at radius 2 is 1.93 bits per heavy atom. The summed E-state index contributed by atoms with van der Waals surface area (Å²) in [6, 6.07) is 8.85. The normalized spacial score (nSPS) is 11.7. The van der Waals surface area contributed by atoms with Crippen molar-refractivity contribution in [2.45, 2.75) is 25.8 Å². The molecule has 1 aromatic carbocycles. The Morgan fingerprint density at radius 1 is 1.40 bits per heavy atom. The molecule has 0 saturated carbocycles. The minimum Gasteiger partial charge on any atom is -0.264 e. The molecule has 0 bridgehead atoms.